The molecule has 0 saturated carbocycles. The third kappa shape index (κ3) is 16.9. The van der Waals surface area contributed by atoms with Crippen LogP contribution in [0.2, 0.25) is 23.2 Å². The number of hydrogen-bond donors (Lipinski definition) is 0. The standard InChI is InChI=1S/C65H96O13Si2/c1-21-28-47(37-51(39-55-44(3)75-65(16,17)76-55)78-80(62(9,10)11,53-29-24-22-25-30-53)54-31-26-23-27-32-54)59(72-46(5)67)60(69)63(12,13)34-33-48-35-43(2)36-49(73-48)40-57-64(14,15)56(71-45(4)66)41-50(74-57)38-52(42-58(68)70-18)77-79(19,20)61(6,7)8/h21-34,40,44,48-52,55-56,59H,1-2,35-39,41-42H2,3-20H3/b34-33+,47-28+,57-40-/t44-,48+,49+,50-,51+,52-,55-,56+,59+/m1/s1. The fraction of sp³-hybridized carbons (Fsp3) is 0.600. The van der Waals surface area contributed by atoms with Crippen molar-refractivity contribution in [3.63, 3.8) is 0 Å². The Balaban J connectivity index is 1.48. The second-order valence-corrected chi connectivity index (χ2v) is 35.4. The number of esters is 3. The van der Waals surface area contributed by atoms with Crippen LogP contribution in [-0.2, 0) is 61.2 Å². The van der Waals surface area contributed by atoms with Gasteiger partial charge < -0.3 is 42.0 Å². The molecule has 3 aliphatic rings. The number of Topliss-reactive ketones (excluding diaryl/α,β-unsaturated/α-hetero) is 1. The van der Waals surface area contributed by atoms with Gasteiger partial charge in [-0.15, -0.1) is 0 Å². The molecule has 442 valence electrons. The van der Waals surface area contributed by atoms with E-state index in [9.17, 15) is 14.4 Å². The number of carbonyl (C=O) groups is 4. The minimum Gasteiger partial charge on any atom is -0.494 e. The van der Waals surface area contributed by atoms with Gasteiger partial charge in [-0.1, -0.05) is 145 Å². The summed E-state index contributed by atoms with van der Waals surface area (Å²) in [5, 5.41) is 1.70. The Labute approximate surface area is 481 Å². The molecule has 13 nitrogen and oxygen atoms in total. The van der Waals surface area contributed by atoms with Crippen molar-refractivity contribution in [2.24, 2.45) is 10.8 Å². The fourth-order valence-corrected chi connectivity index (χ4v) is 17.1. The molecule has 0 aliphatic carbocycles. The second kappa shape index (κ2) is 26.7. The highest BCUT2D eigenvalue weighted by atomic mass is 28.4. The SMILES string of the molecule is C=C/C=C(\C[C@@H](C[C@H]1OC(C)(C)O[C@@H]1C)O[Si](c1ccccc1)(c1ccccc1)C(C)(C)C)[C@H](OC(C)=O)C(=O)C(C)(C)/C=C/[C@H]1CC(=C)C[C@@H](/C=C2\O[C@H](C[C@H](CC(=O)OC)O[Si](C)(C)C(C)(C)C)C[C@H](OC(C)=O)C2(C)C)O1. The number of allylic oxidation sites excluding steroid dienone is 3. The molecule has 0 aromatic heterocycles. The van der Waals surface area contributed by atoms with Crippen LogP contribution >= 0.6 is 0 Å². The number of hydrogen-bond acceptors (Lipinski definition) is 13. The molecule has 2 aromatic rings. The minimum absolute atomic E-state index is 0.0526. The van der Waals surface area contributed by atoms with Gasteiger partial charge in [-0.2, -0.15) is 0 Å². The van der Waals surface area contributed by atoms with E-state index < -0.39 is 87.9 Å². The van der Waals surface area contributed by atoms with Crippen molar-refractivity contribution in [3.05, 3.63) is 121 Å². The van der Waals surface area contributed by atoms with E-state index in [1.165, 1.54) is 21.0 Å². The van der Waals surface area contributed by atoms with Crippen LogP contribution in [0.1, 0.15) is 149 Å². The summed E-state index contributed by atoms with van der Waals surface area (Å²) in [5.74, 6) is -1.96. The van der Waals surface area contributed by atoms with Crippen molar-refractivity contribution in [3.8, 4) is 0 Å². The summed E-state index contributed by atoms with van der Waals surface area (Å²) in [4.78, 5) is 53.8. The molecule has 3 saturated heterocycles. The van der Waals surface area contributed by atoms with E-state index in [4.69, 9.17) is 42.0 Å². The Kier molecular flexibility index (Phi) is 22.0. The lowest BCUT2D eigenvalue weighted by Gasteiger charge is -2.46. The van der Waals surface area contributed by atoms with Crippen LogP contribution in [0.4, 0.5) is 0 Å². The molecule has 0 N–H and O–H groups in total. The number of rotatable bonds is 23. The van der Waals surface area contributed by atoms with E-state index in [-0.39, 0.29) is 46.9 Å². The number of benzene rings is 2. The van der Waals surface area contributed by atoms with Gasteiger partial charge in [0.2, 0.25) is 0 Å². The molecule has 0 radical (unpaired) electrons. The molecule has 3 fully saturated rings. The first-order chi connectivity index (χ1) is 37.0. The van der Waals surface area contributed by atoms with Gasteiger partial charge in [0.15, 0.2) is 26.0 Å². The number of methoxy groups -OCH3 is 1. The Morgan fingerprint density at radius 2 is 1.36 bits per heavy atom. The zero-order valence-electron chi connectivity index (χ0n) is 51.5. The smallest absolute Gasteiger partial charge is 0.308 e. The quantitative estimate of drug-likeness (QED) is 0.0342. The van der Waals surface area contributed by atoms with Gasteiger partial charge >= 0.3 is 17.9 Å². The fourth-order valence-electron chi connectivity index (χ4n) is 11.1. The van der Waals surface area contributed by atoms with Gasteiger partial charge in [-0.25, -0.2) is 0 Å². The Bertz CT molecular complexity index is 2530. The van der Waals surface area contributed by atoms with Crippen LogP contribution in [-0.4, -0.2) is 108 Å². The predicted octanol–water partition coefficient (Wildman–Crippen LogP) is 12.5. The lowest BCUT2D eigenvalue weighted by molar-refractivity contribution is -0.163. The third-order valence-electron chi connectivity index (χ3n) is 16.3. The van der Waals surface area contributed by atoms with Crippen LogP contribution in [0.15, 0.2) is 121 Å². The largest absolute Gasteiger partial charge is 0.494 e. The molecule has 9 atom stereocenters. The summed E-state index contributed by atoms with van der Waals surface area (Å²) in [6, 6.07) is 20.8. The summed E-state index contributed by atoms with van der Waals surface area (Å²) in [5.41, 5.74) is -0.457. The molecule has 80 heavy (non-hydrogen) atoms. The van der Waals surface area contributed by atoms with Crippen LogP contribution in [0.5, 0.6) is 0 Å². The van der Waals surface area contributed by atoms with Gasteiger partial charge in [0.1, 0.15) is 18.0 Å². The van der Waals surface area contributed by atoms with Gasteiger partial charge in [0.25, 0.3) is 8.32 Å². The van der Waals surface area contributed by atoms with Crippen LogP contribution in [0.25, 0.3) is 0 Å². The molecule has 15 heteroatoms. The van der Waals surface area contributed by atoms with Crippen molar-refractivity contribution in [1.29, 1.82) is 0 Å². The number of ether oxygens (including phenoxy) is 7. The molecule has 0 bridgehead atoms. The maximum atomic E-state index is 15.3. The maximum absolute atomic E-state index is 15.3. The first kappa shape index (κ1) is 66.1. The molecule has 3 heterocycles. The van der Waals surface area contributed by atoms with Crippen molar-refractivity contribution in [2.45, 2.75) is 233 Å². The molecule has 2 aromatic carbocycles. The first-order valence-corrected chi connectivity index (χ1v) is 33.4. The summed E-state index contributed by atoms with van der Waals surface area (Å²) < 4.78 is 58.3. The Morgan fingerprint density at radius 1 is 0.787 bits per heavy atom. The summed E-state index contributed by atoms with van der Waals surface area (Å²) in [6.45, 7) is 42.0. The summed E-state index contributed by atoms with van der Waals surface area (Å²) >= 11 is 0. The summed E-state index contributed by atoms with van der Waals surface area (Å²) in [6.07, 6.45) is 6.57. The lowest BCUT2D eigenvalue weighted by atomic mass is 9.77. The average Bonchev–Trinajstić information content (AvgIpc) is 3.61. The zero-order chi connectivity index (χ0) is 59.8. The number of ketones is 1. The Hall–Kier alpha value is -4.75. The molecule has 0 unspecified atom stereocenters. The molecule has 0 spiro atoms. The molecule has 0 amide bonds. The number of carbonyl (C=O) groups excluding carboxylic acids is 4. The monoisotopic (exact) mass is 1140 g/mol. The highest BCUT2D eigenvalue weighted by molar-refractivity contribution is 6.99. The van der Waals surface area contributed by atoms with Gasteiger partial charge in [-0.3, -0.25) is 19.2 Å². The molecular formula is C65H96O13Si2. The maximum Gasteiger partial charge on any atom is 0.308 e. The van der Waals surface area contributed by atoms with Gasteiger partial charge in [0.05, 0.1) is 55.6 Å². The van der Waals surface area contributed by atoms with Crippen LogP contribution in [0, 0.1) is 10.8 Å². The van der Waals surface area contributed by atoms with Crippen LogP contribution < -0.4 is 10.4 Å². The van der Waals surface area contributed by atoms with Crippen molar-refractivity contribution in [1.82, 2.24) is 0 Å². The van der Waals surface area contributed by atoms with Crippen LogP contribution in [0.3, 0.4) is 0 Å². The van der Waals surface area contributed by atoms with Gasteiger partial charge in [0, 0.05) is 38.5 Å². The van der Waals surface area contributed by atoms with E-state index in [1.807, 2.05) is 103 Å². The Morgan fingerprint density at radius 3 is 1.86 bits per heavy atom. The van der Waals surface area contributed by atoms with Crippen molar-refractivity contribution in [2.75, 3.05) is 7.11 Å². The van der Waals surface area contributed by atoms with E-state index in [2.05, 4.69) is 92.1 Å². The van der Waals surface area contributed by atoms with Gasteiger partial charge in [-0.05, 0) is 113 Å². The molecule has 3 aliphatic heterocycles. The van der Waals surface area contributed by atoms with E-state index in [0.29, 0.717) is 43.4 Å². The molecule has 5 rings (SSSR count). The lowest BCUT2D eigenvalue weighted by Crippen LogP contribution is -2.68. The molecular weight excluding hydrogens is 1040 g/mol. The third-order valence-corrected chi connectivity index (χ3v) is 25.9. The highest BCUT2D eigenvalue weighted by Crippen LogP contribution is 2.46. The van der Waals surface area contributed by atoms with Crippen molar-refractivity contribution >= 4 is 50.7 Å². The second-order valence-electron chi connectivity index (χ2n) is 26.3. The van der Waals surface area contributed by atoms with Crippen molar-refractivity contribution < 1.29 is 61.2 Å². The first-order valence-electron chi connectivity index (χ1n) is 28.5. The predicted molar refractivity (Wildman–Crippen MR) is 320 cm³/mol. The zero-order valence-corrected chi connectivity index (χ0v) is 53.5. The van der Waals surface area contributed by atoms with E-state index in [0.717, 1.165) is 15.9 Å². The topological polar surface area (TPSA) is 151 Å². The highest BCUT2D eigenvalue weighted by Gasteiger charge is 2.53. The van der Waals surface area contributed by atoms with E-state index >= 15 is 4.79 Å². The summed E-state index contributed by atoms with van der Waals surface area (Å²) in [7, 11) is -4.16. The normalized spacial score (nSPS) is 24.6. The average molecular weight is 1140 g/mol. The minimum atomic E-state index is -3.19. The van der Waals surface area contributed by atoms with E-state index in [1.54, 1.807) is 12.2 Å².